The lowest BCUT2D eigenvalue weighted by Crippen LogP contribution is -2.49. The number of rotatable bonds is 3. The molecule has 0 heterocycles. The minimum absolute atomic E-state index is 0.242. The van der Waals surface area contributed by atoms with Crippen LogP contribution in [0.15, 0.2) is 22.7 Å². The van der Waals surface area contributed by atoms with Gasteiger partial charge in [-0.25, -0.2) is 4.79 Å². The van der Waals surface area contributed by atoms with Crippen molar-refractivity contribution in [1.82, 2.24) is 5.32 Å². The van der Waals surface area contributed by atoms with Crippen LogP contribution in [0, 0.1) is 5.41 Å². The van der Waals surface area contributed by atoms with Gasteiger partial charge in [-0.05, 0) is 23.6 Å². The van der Waals surface area contributed by atoms with Crippen LogP contribution in [0.1, 0.15) is 31.1 Å². The molecule has 1 amide bonds. The van der Waals surface area contributed by atoms with E-state index in [2.05, 4.69) is 21.2 Å². The van der Waals surface area contributed by atoms with E-state index in [1.54, 1.807) is 39.0 Å². The monoisotopic (exact) mass is 347 g/mol. The van der Waals surface area contributed by atoms with Crippen LogP contribution < -0.4 is 5.32 Å². The molecule has 0 aliphatic heterocycles. The Morgan fingerprint density at radius 1 is 1.37 bits per heavy atom. The van der Waals surface area contributed by atoms with Crippen molar-refractivity contribution in [1.29, 1.82) is 0 Å². The average molecular weight is 349 g/mol. The van der Waals surface area contributed by atoms with E-state index in [1.165, 1.54) is 0 Å². The van der Waals surface area contributed by atoms with Crippen molar-refractivity contribution in [2.75, 3.05) is 0 Å². The molecule has 4 nitrogen and oxygen atoms in total. The van der Waals surface area contributed by atoms with Crippen LogP contribution in [0.5, 0.6) is 0 Å². The maximum atomic E-state index is 12.1. The highest BCUT2D eigenvalue weighted by molar-refractivity contribution is 9.10. The average Bonchev–Trinajstić information content (AvgIpc) is 2.26. The third-order valence-electron chi connectivity index (χ3n) is 2.56. The second-order valence-corrected chi connectivity index (χ2v) is 6.56. The number of amides is 1. The van der Waals surface area contributed by atoms with Gasteiger partial charge in [0.1, 0.15) is 6.04 Å². The Kier molecular flexibility index (Phi) is 4.98. The molecule has 19 heavy (non-hydrogen) atoms. The van der Waals surface area contributed by atoms with E-state index in [4.69, 9.17) is 11.6 Å². The predicted octanol–water partition coefficient (Wildman–Crippen LogP) is 3.33. The van der Waals surface area contributed by atoms with Gasteiger partial charge < -0.3 is 10.4 Å². The molecule has 0 aliphatic rings. The largest absolute Gasteiger partial charge is 0.480 e. The Morgan fingerprint density at radius 3 is 2.42 bits per heavy atom. The Labute approximate surface area is 125 Å². The molecular formula is C13H15BrClNO3. The number of hydrogen-bond acceptors (Lipinski definition) is 2. The molecular weight excluding hydrogens is 334 g/mol. The number of nitrogens with one attached hydrogen (secondary N) is 1. The first-order chi connectivity index (χ1) is 8.62. The van der Waals surface area contributed by atoms with E-state index < -0.39 is 23.3 Å². The Balaban J connectivity index is 3.01. The number of carbonyl (C=O) groups excluding carboxylic acids is 1. The zero-order valence-electron chi connectivity index (χ0n) is 10.8. The van der Waals surface area contributed by atoms with E-state index >= 15 is 0 Å². The minimum atomic E-state index is -1.08. The van der Waals surface area contributed by atoms with Crippen molar-refractivity contribution in [2.24, 2.45) is 5.41 Å². The summed E-state index contributed by atoms with van der Waals surface area (Å²) in [6, 6.07) is 3.85. The normalized spacial score (nSPS) is 12.9. The van der Waals surface area contributed by atoms with Crippen molar-refractivity contribution in [3.63, 3.8) is 0 Å². The smallest absolute Gasteiger partial charge is 0.326 e. The molecule has 1 aromatic rings. The molecule has 0 radical (unpaired) electrons. The third-order valence-corrected chi connectivity index (χ3v) is 3.38. The second kappa shape index (κ2) is 5.92. The first kappa shape index (κ1) is 16.0. The summed E-state index contributed by atoms with van der Waals surface area (Å²) in [6.45, 7) is 5.23. The standard InChI is InChI=1S/C13H15BrClNO3/c1-13(2,3)10(12(18)19)16-11(17)8-6-7(14)4-5-9(8)15/h4-6,10H,1-3H3,(H,16,17)(H,18,19). The van der Waals surface area contributed by atoms with E-state index in [9.17, 15) is 14.7 Å². The summed E-state index contributed by atoms with van der Waals surface area (Å²) in [5.41, 5.74) is -0.355. The number of aliphatic carboxylic acids is 1. The lowest BCUT2D eigenvalue weighted by Gasteiger charge is -2.27. The molecule has 1 rings (SSSR count). The van der Waals surface area contributed by atoms with E-state index in [1.807, 2.05) is 0 Å². The van der Waals surface area contributed by atoms with Crippen molar-refractivity contribution >= 4 is 39.4 Å². The van der Waals surface area contributed by atoms with Gasteiger partial charge >= 0.3 is 5.97 Å². The molecule has 1 unspecified atom stereocenters. The van der Waals surface area contributed by atoms with Crippen LogP contribution in [-0.2, 0) is 4.79 Å². The second-order valence-electron chi connectivity index (χ2n) is 5.23. The fourth-order valence-electron chi connectivity index (χ4n) is 1.53. The maximum Gasteiger partial charge on any atom is 0.326 e. The highest BCUT2D eigenvalue weighted by atomic mass is 79.9. The number of benzene rings is 1. The Bertz CT molecular complexity index is 511. The molecule has 0 saturated carbocycles. The molecule has 0 aliphatic carbocycles. The summed E-state index contributed by atoms with van der Waals surface area (Å²) in [7, 11) is 0. The SMILES string of the molecule is CC(C)(C)C(NC(=O)c1cc(Br)ccc1Cl)C(=O)O. The molecule has 0 aromatic heterocycles. The number of carbonyl (C=O) groups is 2. The summed E-state index contributed by atoms with van der Waals surface area (Å²) in [5, 5.41) is 11.9. The zero-order chi connectivity index (χ0) is 14.8. The highest BCUT2D eigenvalue weighted by Crippen LogP contribution is 2.23. The molecule has 104 valence electrons. The van der Waals surface area contributed by atoms with Crippen LogP contribution in [0.2, 0.25) is 5.02 Å². The van der Waals surface area contributed by atoms with Crippen LogP contribution in [0.3, 0.4) is 0 Å². The van der Waals surface area contributed by atoms with Crippen molar-refractivity contribution in [3.05, 3.63) is 33.3 Å². The van der Waals surface area contributed by atoms with Crippen molar-refractivity contribution in [3.8, 4) is 0 Å². The first-order valence-corrected chi connectivity index (χ1v) is 6.78. The van der Waals surface area contributed by atoms with Gasteiger partial charge in [0.25, 0.3) is 5.91 Å². The number of hydrogen-bond donors (Lipinski definition) is 2. The number of halogens is 2. The molecule has 2 N–H and O–H groups in total. The van der Waals surface area contributed by atoms with Gasteiger partial charge in [-0.3, -0.25) is 4.79 Å². The lowest BCUT2D eigenvalue weighted by molar-refractivity contribution is -0.142. The summed E-state index contributed by atoms with van der Waals surface area (Å²) < 4.78 is 0.699. The molecule has 6 heteroatoms. The fourth-order valence-corrected chi connectivity index (χ4v) is 2.09. The van der Waals surface area contributed by atoms with Crippen molar-refractivity contribution < 1.29 is 14.7 Å². The summed E-state index contributed by atoms with van der Waals surface area (Å²) >= 11 is 9.18. The van der Waals surface area contributed by atoms with E-state index in [0.717, 1.165) is 0 Å². The lowest BCUT2D eigenvalue weighted by atomic mass is 9.86. The van der Waals surface area contributed by atoms with Crippen LogP contribution in [0.25, 0.3) is 0 Å². The van der Waals surface area contributed by atoms with Gasteiger partial charge in [0.2, 0.25) is 0 Å². The summed E-state index contributed by atoms with van der Waals surface area (Å²) in [5.74, 6) is -1.58. The quantitative estimate of drug-likeness (QED) is 0.880. The molecule has 1 aromatic carbocycles. The molecule has 1 atom stereocenters. The van der Waals surface area contributed by atoms with Gasteiger partial charge in [-0.2, -0.15) is 0 Å². The molecule has 0 bridgehead atoms. The Morgan fingerprint density at radius 2 is 1.95 bits per heavy atom. The molecule has 0 fully saturated rings. The van der Waals surface area contributed by atoms with Gasteiger partial charge in [0.15, 0.2) is 0 Å². The maximum absolute atomic E-state index is 12.1. The van der Waals surface area contributed by atoms with Gasteiger partial charge in [0, 0.05) is 4.47 Å². The van der Waals surface area contributed by atoms with Gasteiger partial charge in [-0.1, -0.05) is 48.3 Å². The van der Waals surface area contributed by atoms with Gasteiger partial charge in [-0.15, -0.1) is 0 Å². The number of carboxylic acids is 1. The number of carboxylic acid groups (broad SMARTS) is 1. The molecule has 0 saturated heterocycles. The van der Waals surface area contributed by atoms with Crippen LogP contribution in [-0.4, -0.2) is 23.0 Å². The van der Waals surface area contributed by atoms with Gasteiger partial charge in [0.05, 0.1) is 10.6 Å². The highest BCUT2D eigenvalue weighted by Gasteiger charge is 2.33. The summed E-state index contributed by atoms with van der Waals surface area (Å²) in [6.07, 6.45) is 0. The minimum Gasteiger partial charge on any atom is -0.480 e. The van der Waals surface area contributed by atoms with Crippen LogP contribution in [0.4, 0.5) is 0 Å². The third kappa shape index (κ3) is 4.21. The Hall–Kier alpha value is -1.07. The predicted molar refractivity (Wildman–Crippen MR) is 77.5 cm³/mol. The molecule has 0 spiro atoms. The first-order valence-electron chi connectivity index (χ1n) is 5.61. The van der Waals surface area contributed by atoms with E-state index in [0.29, 0.717) is 4.47 Å². The van der Waals surface area contributed by atoms with E-state index in [-0.39, 0.29) is 10.6 Å². The zero-order valence-corrected chi connectivity index (χ0v) is 13.2. The van der Waals surface area contributed by atoms with Crippen LogP contribution >= 0.6 is 27.5 Å². The topological polar surface area (TPSA) is 66.4 Å². The fraction of sp³-hybridized carbons (Fsp3) is 0.385. The summed E-state index contributed by atoms with van der Waals surface area (Å²) in [4.78, 5) is 23.3. The van der Waals surface area contributed by atoms with Crippen molar-refractivity contribution in [2.45, 2.75) is 26.8 Å².